The monoisotopic (exact) mass is 326 g/mol. The van der Waals surface area contributed by atoms with Gasteiger partial charge < -0.3 is 10.2 Å². The van der Waals surface area contributed by atoms with Crippen LogP contribution < -0.4 is 5.32 Å². The van der Waals surface area contributed by atoms with Crippen LogP contribution in [0.15, 0.2) is 48.8 Å². The summed E-state index contributed by atoms with van der Waals surface area (Å²) in [5, 5.41) is 6.92. The molecule has 0 aliphatic carbocycles. The fourth-order valence-electron chi connectivity index (χ4n) is 2.99. The molecule has 6 nitrogen and oxygen atoms in total. The van der Waals surface area contributed by atoms with Crippen molar-refractivity contribution in [3.63, 3.8) is 0 Å². The molecule has 24 heavy (non-hydrogen) atoms. The Bertz CT molecular complexity index is 664. The second-order valence-corrected chi connectivity index (χ2v) is 6.05. The molecule has 1 atom stereocenters. The summed E-state index contributed by atoms with van der Waals surface area (Å²) in [4.78, 5) is 26.9. The van der Waals surface area contributed by atoms with Crippen molar-refractivity contribution in [1.82, 2.24) is 20.0 Å². The van der Waals surface area contributed by atoms with Gasteiger partial charge in [-0.3, -0.25) is 14.3 Å². The predicted octanol–water partition coefficient (Wildman–Crippen LogP) is 1.23. The van der Waals surface area contributed by atoms with Crippen LogP contribution in [-0.4, -0.2) is 45.6 Å². The Kier molecular flexibility index (Phi) is 5.25. The highest BCUT2D eigenvalue weighted by molar-refractivity contribution is 5.88. The normalized spacial score (nSPS) is 15.2. The fourth-order valence-corrected chi connectivity index (χ4v) is 2.99. The van der Waals surface area contributed by atoms with E-state index in [0.29, 0.717) is 6.42 Å². The van der Waals surface area contributed by atoms with Crippen LogP contribution in [0.4, 0.5) is 0 Å². The SMILES string of the molecule is O=C(Cn1cccn1)N[C@H](Cc1ccccc1)C(=O)N1CCCC1. The van der Waals surface area contributed by atoms with Gasteiger partial charge in [-0.2, -0.15) is 5.10 Å². The zero-order valence-corrected chi connectivity index (χ0v) is 13.6. The number of carbonyl (C=O) groups is 2. The molecular weight excluding hydrogens is 304 g/mol. The van der Waals surface area contributed by atoms with E-state index >= 15 is 0 Å². The van der Waals surface area contributed by atoms with Crippen molar-refractivity contribution in [2.45, 2.75) is 31.8 Å². The van der Waals surface area contributed by atoms with Crippen LogP contribution in [-0.2, 0) is 22.6 Å². The molecule has 1 aromatic carbocycles. The molecular formula is C18H22N4O2. The van der Waals surface area contributed by atoms with Crippen molar-refractivity contribution < 1.29 is 9.59 Å². The number of likely N-dealkylation sites (tertiary alicyclic amines) is 1. The van der Waals surface area contributed by atoms with Gasteiger partial charge in [0.1, 0.15) is 12.6 Å². The first-order valence-electron chi connectivity index (χ1n) is 8.32. The Morgan fingerprint density at radius 3 is 2.54 bits per heavy atom. The second-order valence-electron chi connectivity index (χ2n) is 6.05. The number of benzene rings is 1. The van der Waals surface area contributed by atoms with Gasteiger partial charge in [-0.25, -0.2) is 0 Å². The van der Waals surface area contributed by atoms with Crippen molar-refractivity contribution in [1.29, 1.82) is 0 Å². The minimum Gasteiger partial charge on any atom is -0.342 e. The lowest BCUT2D eigenvalue weighted by molar-refractivity contribution is -0.135. The molecule has 126 valence electrons. The van der Waals surface area contributed by atoms with Crippen LogP contribution in [0.25, 0.3) is 0 Å². The van der Waals surface area contributed by atoms with Crippen LogP contribution in [0.3, 0.4) is 0 Å². The molecule has 1 fully saturated rings. The largest absolute Gasteiger partial charge is 0.342 e. The third-order valence-corrected chi connectivity index (χ3v) is 4.20. The van der Waals surface area contributed by atoms with E-state index in [1.165, 1.54) is 0 Å². The number of hydrogen-bond acceptors (Lipinski definition) is 3. The molecule has 6 heteroatoms. The van der Waals surface area contributed by atoms with Crippen LogP contribution >= 0.6 is 0 Å². The van der Waals surface area contributed by atoms with E-state index in [4.69, 9.17) is 0 Å². The number of nitrogens with one attached hydrogen (secondary N) is 1. The maximum atomic E-state index is 12.8. The van der Waals surface area contributed by atoms with Crippen LogP contribution in [0.1, 0.15) is 18.4 Å². The average Bonchev–Trinajstić information content (AvgIpc) is 3.28. The van der Waals surface area contributed by atoms with Gasteiger partial charge in [-0.1, -0.05) is 30.3 Å². The van der Waals surface area contributed by atoms with Crippen molar-refractivity contribution >= 4 is 11.8 Å². The first-order valence-corrected chi connectivity index (χ1v) is 8.32. The lowest BCUT2D eigenvalue weighted by Gasteiger charge is -2.24. The summed E-state index contributed by atoms with van der Waals surface area (Å²) in [5.41, 5.74) is 1.04. The van der Waals surface area contributed by atoms with Gasteiger partial charge >= 0.3 is 0 Å². The van der Waals surface area contributed by atoms with Crippen LogP contribution in [0.5, 0.6) is 0 Å². The van der Waals surface area contributed by atoms with Gasteiger partial charge in [-0.15, -0.1) is 0 Å². The first kappa shape index (κ1) is 16.2. The van der Waals surface area contributed by atoms with Gasteiger partial charge in [-0.05, 0) is 24.5 Å². The molecule has 0 bridgehead atoms. The summed E-state index contributed by atoms with van der Waals surface area (Å²) in [7, 11) is 0. The summed E-state index contributed by atoms with van der Waals surface area (Å²) in [6.07, 6.45) is 5.93. The molecule has 2 amide bonds. The second kappa shape index (κ2) is 7.77. The number of aromatic nitrogens is 2. The maximum Gasteiger partial charge on any atom is 0.245 e. The van der Waals surface area contributed by atoms with Gasteiger partial charge in [0.05, 0.1) is 0 Å². The lowest BCUT2D eigenvalue weighted by Crippen LogP contribution is -2.49. The smallest absolute Gasteiger partial charge is 0.245 e. The molecule has 0 spiro atoms. The summed E-state index contributed by atoms with van der Waals surface area (Å²) < 4.78 is 1.55. The number of carbonyl (C=O) groups excluding carboxylic acids is 2. The molecule has 1 N–H and O–H groups in total. The van der Waals surface area contributed by atoms with E-state index < -0.39 is 6.04 Å². The van der Waals surface area contributed by atoms with E-state index in [0.717, 1.165) is 31.5 Å². The third-order valence-electron chi connectivity index (χ3n) is 4.20. The molecule has 0 unspecified atom stereocenters. The van der Waals surface area contributed by atoms with Gasteiger partial charge in [0.2, 0.25) is 11.8 Å². The number of rotatable bonds is 6. The van der Waals surface area contributed by atoms with Gasteiger partial charge in [0.25, 0.3) is 0 Å². The zero-order valence-electron chi connectivity index (χ0n) is 13.6. The summed E-state index contributed by atoms with van der Waals surface area (Å²) >= 11 is 0. The summed E-state index contributed by atoms with van der Waals surface area (Å²) in [5.74, 6) is -0.197. The Labute approximate surface area is 141 Å². The quantitative estimate of drug-likeness (QED) is 0.868. The highest BCUT2D eigenvalue weighted by Gasteiger charge is 2.28. The van der Waals surface area contributed by atoms with E-state index in [2.05, 4.69) is 10.4 Å². The Morgan fingerprint density at radius 2 is 1.88 bits per heavy atom. The summed E-state index contributed by atoms with van der Waals surface area (Å²) in [6.45, 7) is 1.67. The van der Waals surface area contributed by atoms with E-state index in [1.54, 1.807) is 23.1 Å². The van der Waals surface area contributed by atoms with Crippen LogP contribution in [0, 0.1) is 0 Å². The zero-order chi connectivity index (χ0) is 16.8. The fraction of sp³-hybridized carbons (Fsp3) is 0.389. The van der Waals surface area contributed by atoms with Gasteiger partial charge in [0.15, 0.2) is 0 Å². The molecule has 2 aromatic rings. The first-order chi connectivity index (χ1) is 11.7. The van der Waals surface area contributed by atoms with Crippen molar-refractivity contribution in [2.75, 3.05) is 13.1 Å². The molecule has 3 rings (SSSR count). The average molecular weight is 326 g/mol. The van der Waals surface area contributed by atoms with Crippen LogP contribution in [0.2, 0.25) is 0 Å². The van der Waals surface area contributed by atoms with Crippen molar-refractivity contribution in [2.24, 2.45) is 0 Å². The molecule has 1 aliphatic heterocycles. The minimum atomic E-state index is -0.534. The highest BCUT2D eigenvalue weighted by Crippen LogP contribution is 2.12. The standard InChI is InChI=1S/C18H22N4O2/c23-17(14-22-12-6-9-19-22)20-16(13-15-7-2-1-3-8-15)18(24)21-10-4-5-11-21/h1-3,6-9,12,16H,4-5,10-11,13-14H2,(H,20,23)/t16-/m1/s1. The molecule has 1 saturated heterocycles. The van der Waals surface area contributed by atoms with E-state index in [1.807, 2.05) is 35.2 Å². The van der Waals surface area contributed by atoms with E-state index in [-0.39, 0.29) is 18.4 Å². The Balaban J connectivity index is 1.68. The molecule has 0 saturated carbocycles. The van der Waals surface area contributed by atoms with Gasteiger partial charge in [0, 0.05) is 31.9 Å². The van der Waals surface area contributed by atoms with Crippen molar-refractivity contribution in [3.8, 4) is 0 Å². The number of hydrogen-bond donors (Lipinski definition) is 1. The third kappa shape index (κ3) is 4.22. The van der Waals surface area contributed by atoms with E-state index in [9.17, 15) is 9.59 Å². The lowest BCUT2D eigenvalue weighted by atomic mass is 10.0. The maximum absolute atomic E-state index is 12.8. The molecule has 0 radical (unpaired) electrons. The Hall–Kier alpha value is -2.63. The highest BCUT2D eigenvalue weighted by atomic mass is 16.2. The predicted molar refractivity (Wildman–Crippen MR) is 90.1 cm³/mol. The molecule has 2 heterocycles. The Morgan fingerprint density at radius 1 is 1.12 bits per heavy atom. The molecule has 1 aliphatic rings. The van der Waals surface area contributed by atoms with Crippen molar-refractivity contribution in [3.05, 3.63) is 54.4 Å². The topological polar surface area (TPSA) is 67.2 Å². The molecule has 1 aromatic heterocycles. The number of amides is 2. The minimum absolute atomic E-state index is 0.00479. The number of nitrogens with zero attached hydrogens (tertiary/aromatic N) is 3. The summed E-state index contributed by atoms with van der Waals surface area (Å²) in [6, 6.07) is 11.0.